The van der Waals surface area contributed by atoms with Crippen LogP contribution in [0.3, 0.4) is 0 Å². The number of aryl methyl sites for hydroxylation is 1. The lowest BCUT2D eigenvalue weighted by Crippen LogP contribution is -2.28. The molecule has 4 rings (SSSR count). The Morgan fingerprint density at radius 2 is 1.79 bits per heavy atom. The minimum absolute atomic E-state index is 0.0356. The summed E-state index contributed by atoms with van der Waals surface area (Å²) in [5, 5.41) is 22.1. The number of aromatic nitrogens is 4. The van der Waals surface area contributed by atoms with Gasteiger partial charge in [0.2, 0.25) is 0 Å². The molecule has 11 heteroatoms. The Bertz CT molecular complexity index is 1380. The molecule has 0 aliphatic rings. The molecular formula is C23H20N6O5. The van der Waals surface area contributed by atoms with Crippen LogP contribution in [0.1, 0.15) is 16.2 Å². The highest BCUT2D eigenvalue weighted by Gasteiger charge is 2.15. The van der Waals surface area contributed by atoms with Crippen molar-refractivity contribution in [1.82, 2.24) is 19.6 Å². The Kier molecular flexibility index (Phi) is 6.44. The van der Waals surface area contributed by atoms with E-state index in [9.17, 15) is 19.7 Å². The van der Waals surface area contributed by atoms with Gasteiger partial charge in [-0.25, -0.2) is 9.36 Å². The molecule has 2 heterocycles. The van der Waals surface area contributed by atoms with E-state index >= 15 is 0 Å². The fourth-order valence-electron chi connectivity index (χ4n) is 3.18. The molecule has 0 fully saturated rings. The van der Waals surface area contributed by atoms with Crippen LogP contribution in [0.2, 0.25) is 0 Å². The lowest BCUT2D eigenvalue weighted by Gasteiger charge is -2.10. The number of para-hydroxylation sites is 1. The number of carbonyl (C=O) groups excluding carboxylic acids is 1. The molecule has 0 radical (unpaired) electrons. The maximum atomic E-state index is 12.9. The van der Waals surface area contributed by atoms with E-state index in [1.165, 1.54) is 41.1 Å². The van der Waals surface area contributed by atoms with Crippen LogP contribution >= 0.6 is 0 Å². The summed E-state index contributed by atoms with van der Waals surface area (Å²) < 4.78 is 8.22. The van der Waals surface area contributed by atoms with Crippen LogP contribution in [0.15, 0.2) is 77.6 Å². The van der Waals surface area contributed by atoms with Crippen molar-refractivity contribution in [1.29, 1.82) is 0 Å². The van der Waals surface area contributed by atoms with Crippen molar-refractivity contribution in [2.24, 2.45) is 0 Å². The molecule has 34 heavy (non-hydrogen) atoms. The van der Waals surface area contributed by atoms with E-state index in [0.29, 0.717) is 22.9 Å². The Balaban J connectivity index is 1.49. The van der Waals surface area contributed by atoms with Gasteiger partial charge in [0.1, 0.15) is 23.9 Å². The molecule has 11 nitrogen and oxygen atoms in total. The topological polar surface area (TPSA) is 134 Å². The van der Waals surface area contributed by atoms with Crippen LogP contribution in [0, 0.1) is 17.0 Å². The van der Waals surface area contributed by atoms with Gasteiger partial charge in [-0.15, -0.1) is 0 Å². The third-order valence-electron chi connectivity index (χ3n) is 4.79. The third-order valence-corrected chi connectivity index (χ3v) is 4.79. The van der Waals surface area contributed by atoms with Gasteiger partial charge in [-0.3, -0.25) is 19.7 Å². The van der Waals surface area contributed by atoms with Crippen LogP contribution < -0.4 is 15.6 Å². The van der Waals surface area contributed by atoms with Gasteiger partial charge in [0.15, 0.2) is 0 Å². The lowest BCUT2D eigenvalue weighted by atomic mass is 10.3. The Morgan fingerprint density at radius 1 is 1.06 bits per heavy atom. The smallest absolute Gasteiger partial charge is 0.277 e. The number of amides is 1. The third kappa shape index (κ3) is 5.15. The standard InChI is InChI=1S/C23H20N6O5/c1-16-15-21(28(25-16)17-7-9-18(10-8-17)29(32)33)24-23(31)20-11-12-22(30)27(26-20)13-14-34-19-5-3-2-4-6-19/h2-12,15H,13-14H2,1H3,(H,24,31). The summed E-state index contributed by atoms with van der Waals surface area (Å²) in [5.74, 6) is 0.475. The summed E-state index contributed by atoms with van der Waals surface area (Å²) >= 11 is 0. The Labute approximate surface area is 193 Å². The molecule has 0 spiro atoms. The summed E-state index contributed by atoms with van der Waals surface area (Å²) in [6.07, 6.45) is 0. The zero-order valence-electron chi connectivity index (χ0n) is 18.1. The number of nitro groups is 1. The van der Waals surface area contributed by atoms with Crippen molar-refractivity contribution in [3.8, 4) is 11.4 Å². The molecule has 4 aromatic rings. The van der Waals surface area contributed by atoms with E-state index in [1.54, 1.807) is 25.1 Å². The maximum Gasteiger partial charge on any atom is 0.277 e. The number of nitro benzene ring substituents is 1. The lowest BCUT2D eigenvalue weighted by molar-refractivity contribution is -0.384. The van der Waals surface area contributed by atoms with Crippen molar-refractivity contribution in [3.05, 3.63) is 105 Å². The van der Waals surface area contributed by atoms with Crippen LogP contribution in [0.5, 0.6) is 5.75 Å². The van der Waals surface area contributed by atoms with Gasteiger partial charge >= 0.3 is 0 Å². The molecule has 0 aliphatic carbocycles. The molecule has 0 atom stereocenters. The molecule has 0 aliphatic heterocycles. The first-order chi connectivity index (χ1) is 16.4. The number of ether oxygens (including phenoxy) is 1. The monoisotopic (exact) mass is 460 g/mol. The van der Waals surface area contributed by atoms with Gasteiger partial charge in [-0.2, -0.15) is 10.2 Å². The zero-order chi connectivity index (χ0) is 24.1. The highest BCUT2D eigenvalue weighted by atomic mass is 16.6. The number of non-ortho nitro benzene ring substituents is 1. The van der Waals surface area contributed by atoms with Crippen molar-refractivity contribution in [3.63, 3.8) is 0 Å². The average Bonchev–Trinajstić information content (AvgIpc) is 3.20. The molecule has 2 aromatic heterocycles. The van der Waals surface area contributed by atoms with E-state index < -0.39 is 10.8 Å². The van der Waals surface area contributed by atoms with Crippen LogP contribution in [0.4, 0.5) is 11.5 Å². The van der Waals surface area contributed by atoms with E-state index in [0.717, 1.165) is 4.68 Å². The van der Waals surface area contributed by atoms with Crippen molar-refractivity contribution >= 4 is 17.4 Å². The molecular weight excluding hydrogens is 440 g/mol. The maximum absolute atomic E-state index is 12.9. The SMILES string of the molecule is Cc1cc(NC(=O)c2ccc(=O)n(CCOc3ccccc3)n2)n(-c2ccc([N+](=O)[O-])cc2)n1. The molecule has 172 valence electrons. The molecule has 0 saturated carbocycles. The molecule has 0 unspecified atom stereocenters. The van der Waals surface area contributed by atoms with Crippen molar-refractivity contribution < 1.29 is 14.5 Å². The van der Waals surface area contributed by atoms with E-state index in [2.05, 4.69) is 15.5 Å². The van der Waals surface area contributed by atoms with E-state index in [1.807, 2.05) is 18.2 Å². The normalized spacial score (nSPS) is 10.6. The summed E-state index contributed by atoms with van der Waals surface area (Å²) in [4.78, 5) is 35.4. The average molecular weight is 460 g/mol. The highest BCUT2D eigenvalue weighted by Crippen LogP contribution is 2.20. The van der Waals surface area contributed by atoms with Gasteiger partial charge in [0.25, 0.3) is 17.2 Å². The van der Waals surface area contributed by atoms with Crippen LogP contribution in [-0.4, -0.2) is 37.0 Å². The minimum Gasteiger partial charge on any atom is -0.492 e. The Hall–Kier alpha value is -4.80. The molecule has 1 amide bonds. The number of rotatable bonds is 8. The predicted octanol–water partition coefficient (Wildman–Crippen LogP) is 2.98. The van der Waals surface area contributed by atoms with Gasteiger partial charge in [0.05, 0.1) is 22.8 Å². The quantitative estimate of drug-likeness (QED) is 0.315. The van der Waals surface area contributed by atoms with E-state index in [-0.39, 0.29) is 30.1 Å². The number of nitrogens with zero attached hydrogens (tertiary/aromatic N) is 5. The second kappa shape index (κ2) is 9.77. The number of benzene rings is 2. The Morgan fingerprint density at radius 3 is 2.50 bits per heavy atom. The summed E-state index contributed by atoms with van der Waals surface area (Å²) in [6.45, 7) is 2.12. The molecule has 0 bridgehead atoms. The van der Waals surface area contributed by atoms with Crippen molar-refractivity contribution in [2.45, 2.75) is 13.5 Å². The summed E-state index contributed by atoms with van der Waals surface area (Å²) in [5.41, 5.74) is 0.781. The largest absolute Gasteiger partial charge is 0.492 e. The minimum atomic E-state index is -0.541. The number of nitrogens with one attached hydrogen (secondary N) is 1. The number of carbonyl (C=O) groups is 1. The van der Waals surface area contributed by atoms with Crippen LogP contribution in [-0.2, 0) is 6.54 Å². The van der Waals surface area contributed by atoms with E-state index in [4.69, 9.17) is 4.74 Å². The van der Waals surface area contributed by atoms with Crippen molar-refractivity contribution in [2.75, 3.05) is 11.9 Å². The first-order valence-corrected chi connectivity index (χ1v) is 10.3. The zero-order valence-corrected chi connectivity index (χ0v) is 18.1. The van der Waals surface area contributed by atoms with Gasteiger partial charge < -0.3 is 10.1 Å². The molecule has 1 N–H and O–H groups in total. The number of hydrogen-bond donors (Lipinski definition) is 1. The summed E-state index contributed by atoms with van der Waals surface area (Å²) in [6, 6.07) is 19.2. The first-order valence-electron chi connectivity index (χ1n) is 10.3. The first kappa shape index (κ1) is 22.4. The molecule has 2 aromatic carbocycles. The van der Waals surface area contributed by atoms with Crippen LogP contribution in [0.25, 0.3) is 5.69 Å². The second-order valence-corrected chi connectivity index (χ2v) is 7.25. The fourth-order valence-corrected chi connectivity index (χ4v) is 3.18. The fraction of sp³-hybridized carbons (Fsp3) is 0.130. The van der Waals surface area contributed by atoms with Gasteiger partial charge in [-0.1, -0.05) is 18.2 Å². The highest BCUT2D eigenvalue weighted by molar-refractivity contribution is 6.02. The second-order valence-electron chi connectivity index (χ2n) is 7.25. The number of hydrogen-bond acceptors (Lipinski definition) is 7. The van der Waals surface area contributed by atoms with Gasteiger partial charge in [0, 0.05) is 24.3 Å². The molecule has 0 saturated heterocycles. The van der Waals surface area contributed by atoms with Gasteiger partial charge in [-0.05, 0) is 37.3 Å². The summed E-state index contributed by atoms with van der Waals surface area (Å²) in [7, 11) is 0. The predicted molar refractivity (Wildman–Crippen MR) is 123 cm³/mol. The number of anilines is 1.